The quantitative estimate of drug-likeness (QED) is 0.675. The number of rotatable bonds is 5. The number of ether oxygens (including phenoxy) is 2. The molecule has 0 aliphatic heterocycles. The lowest BCUT2D eigenvalue weighted by molar-refractivity contribution is 0.338. The summed E-state index contributed by atoms with van der Waals surface area (Å²) >= 11 is 9.44. The molecule has 0 spiro atoms. The molecule has 2 aromatic carbocycles. The van der Waals surface area contributed by atoms with Crippen molar-refractivity contribution in [2.75, 3.05) is 6.61 Å². The number of alkyl halides is 1. The van der Waals surface area contributed by atoms with E-state index in [0.29, 0.717) is 17.0 Å². The van der Waals surface area contributed by atoms with Crippen molar-refractivity contribution in [2.24, 2.45) is 0 Å². The van der Waals surface area contributed by atoms with Gasteiger partial charge in [-0.05, 0) is 31.2 Å². The Bertz CT molecular complexity index is 558. The molecule has 4 heteroatoms. The van der Waals surface area contributed by atoms with Gasteiger partial charge in [0.05, 0.1) is 6.61 Å². The molecule has 0 heterocycles. The van der Waals surface area contributed by atoms with Gasteiger partial charge in [0.1, 0.15) is 17.2 Å². The molecule has 0 aliphatic carbocycles. The van der Waals surface area contributed by atoms with E-state index in [4.69, 9.17) is 21.1 Å². The zero-order chi connectivity index (χ0) is 13.7. The van der Waals surface area contributed by atoms with Crippen molar-refractivity contribution in [1.29, 1.82) is 0 Å². The van der Waals surface area contributed by atoms with E-state index in [0.717, 1.165) is 22.8 Å². The van der Waals surface area contributed by atoms with E-state index >= 15 is 0 Å². The molecule has 0 N–H and O–H groups in total. The van der Waals surface area contributed by atoms with E-state index in [9.17, 15) is 0 Å². The molecule has 0 aliphatic rings. The predicted molar refractivity (Wildman–Crippen MR) is 81.8 cm³/mol. The smallest absolute Gasteiger partial charge is 0.132 e. The number of hydrogen-bond acceptors (Lipinski definition) is 2. The summed E-state index contributed by atoms with van der Waals surface area (Å²) in [7, 11) is 0. The Labute approximate surface area is 126 Å². The summed E-state index contributed by atoms with van der Waals surface area (Å²) in [5.41, 5.74) is 1.05. The Balaban J connectivity index is 2.25. The number of hydrogen-bond donors (Lipinski definition) is 0. The van der Waals surface area contributed by atoms with E-state index in [1.165, 1.54) is 0 Å². The maximum atomic E-state index is 6.00. The standard InChI is InChI=1S/C15H14BrClO2/c1-2-18-13-4-3-5-14(9-13)19-15-8-12(17)7-6-11(15)10-16/h3-9H,2,10H2,1H3. The van der Waals surface area contributed by atoms with Gasteiger partial charge in [-0.1, -0.05) is 39.7 Å². The molecule has 2 rings (SSSR count). The van der Waals surface area contributed by atoms with Crippen LogP contribution in [0.3, 0.4) is 0 Å². The minimum atomic E-state index is 0.632. The highest BCUT2D eigenvalue weighted by atomic mass is 79.9. The summed E-state index contributed by atoms with van der Waals surface area (Å²) in [6.45, 7) is 2.58. The first-order valence-corrected chi connectivity index (χ1v) is 7.48. The van der Waals surface area contributed by atoms with Crippen LogP contribution >= 0.6 is 27.5 Å². The van der Waals surface area contributed by atoms with Crippen molar-refractivity contribution in [3.05, 3.63) is 53.1 Å². The first-order chi connectivity index (χ1) is 9.22. The molecular formula is C15H14BrClO2. The largest absolute Gasteiger partial charge is 0.494 e. The van der Waals surface area contributed by atoms with Crippen LogP contribution in [0.4, 0.5) is 0 Å². The van der Waals surface area contributed by atoms with Gasteiger partial charge < -0.3 is 9.47 Å². The van der Waals surface area contributed by atoms with Gasteiger partial charge in [-0.3, -0.25) is 0 Å². The summed E-state index contributed by atoms with van der Waals surface area (Å²) in [6, 6.07) is 13.2. The van der Waals surface area contributed by atoms with Crippen LogP contribution < -0.4 is 9.47 Å². The molecule has 0 saturated heterocycles. The van der Waals surface area contributed by atoms with E-state index in [1.807, 2.05) is 49.4 Å². The van der Waals surface area contributed by atoms with Gasteiger partial charge in [-0.15, -0.1) is 0 Å². The number of benzene rings is 2. The van der Waals surface area contributed by atoms with Crippen LogP contribution in [-0.2, 0) is 5.33 Å². The fraction of sp³-hybridized carbons (Fsp3) is 0.200. The second kappa shape index (κ2) is 6.83. The maximum Gasteiger partial charge on any atom is 0.132 e. The minimum absolute atomic E-state index is 0.632. The van der Waals surface area contributed by atoms with E-state index < -0.39 is 0 Å². The molecule has 0 fully saturated rings. The van der Waals surface area contributed by atoms with Crippen molar-refractivity contribution in [1.82, 2.24) is 0 Å². The molecule has 0 radical (unpaired) electrons. The molecule has 0 aromatic heterocycles. The number of halogens is 2. The molecule has 19 heavy (non-hydrogen) atoms. The summed E-state index contributed by atoms with van der Waals surface area (Å²) in [5, 5.41) is 1.37. The summed E-state index contributed by atoms with van der Waals surface area (Å²) in [5.74, 6) is 2.27. The van der Waals surface area contributed by atoms with Gasteiger partial charge in [-0.2, -0.15) is 0 Å². The van der Waals surface area contributed by atoms with Crippen LogP contribution in [0.2, 0.25) is 5.02 Å². The molecule has 0 amide bonds. The second-order valence-electron chi connectivity index (χ2n) is 3.90. The van der Waals surface area contributed by atoms with Crippen LogP contribution in [0.1, 0.15) is 12.5 Å². The average Bonchev–Trinajstić information content (AvgIpc) is 2.40. The molecule has 0 unspecified atom stereocenters. The minimum Gasteiger partial charge on any atom is -0.494 e. The summed E-state index contributed by atoms with van der Waals surface area (Å²) in [6.07, 6.45) is 0. The second-order valence-corrected chi connectivity index (χ2v) is 4.89. The fourth-order valence-electron chi connectivity index (χ4n) is 1.65. The molecule has 2 aromatic rings. The summed E-state index contributed by atoms with van der Waals surface area (Å²) < 4.78 is 11.3. The third kappa shape index (κ3) is 3.88. The van der Waals surface area contributed by atoms with Gasteiger partial charge in [0.2, 0.25) is 0 Å². The van der Waals surface area contributed by atoms with E-state index in [1.54, 1.807) is 0 Å². The third-order valence-corrected chi connectivity index (χ3v) is 3.36. The zero-order valence-electron chi connectivity index (χ0n) is 10.5. The van der Waals surface area contributed by atoms with Crippen LogP contribution in [0, 0.1) is 0 Å². The first-order valence-electron chi connectivity index (χ1n) is 5.98. The molecule has 0 saturated carbocycles. The zero-order valence-corrected chi connectivity index (χ0v) is 12.9. The topological polar surface area (TPSA) is 18.5 Å². The van der Waals surface area contributed by atoms with Crippen molar-refractivity contribution < 1.29 is 9.47 Å². The van der Waals surface area contributed by atoms with Gasteiger partial charge in [0.25, 0.3) is 0 Å². The molecule has 0 atom stereocenters. The fourth-order valence-corrected chi connectivity index (χ4v) is 2.28. The van der Waals surface area contributed by atoms with E-state index in [-0.39, 0.29) is 0 Å². The van der Waals surface area contributed by atoms with Gasteiger partial charge >= 0.3 is 0 Å². The van der Waals surface area contributed by atoms with Crippen LogP contribution in [0.15, 0.2) is 42.5 Å². The highest BCUT2D eigenvalue weighted by molar-refractivity contribution is 9.08. The van der Waals surface area contributed by atoms with Crippen LogP contribution in [0.5, 0.6) is 17.2 Å². The lowest BCUT2D eigenvalue weighted by atomic mass is 10.2. The molecule has 100 valence electrons. The Hall–Kier alpha value is -1.19. The van der Waals surface area contributed by atoms with Crippen molar-refractivity contribution in [3.8, 4) is 17.2 Å². The highest BCUT2D eigenvalue weighted by Gasteiger charge is 2.06. The van der Waals surface area contributed by atoms with Crippen molar-refractivity contribution in [2.45, 2.75) is 12.3 Å². The normalized spacial score (nSPS) is 10.3. The van der Waals surface area contributed by atoms with Gasteiger partial charge in [0.15, 0.2) is 0 Å². The Morgan fingerprint density at radius 3 is 2.63 bits per heavy atom. The molecule has 0 bridgehead atoms. The molecular weight excluding hydrogens is 328 g/mol. The highest BCUT2D eigenvalue weighted by Crippen LogP contribution is 2.31. The van der Waals surface area contributed by atoms with Gasteiger partial charge in [0, 0.05) is 22.0 Å². The average molecular weight is 342 g/mol. The Morgan fingerprint density at radius 1 is 1.11 bits per heavy atom. The Morgan fingerprint density at radius 2 is 1.89 bits per heavy atom. The van der Waals surface area contributed by atoms with Gasteiger partial charge in [-0.25, -0.2) is 0 Å². The first kappa shape index (κ1) is 14.2. The lowest BCUT2D eigenvalue weighted by Crippen LogP contribution is -1.93. The van der Waals surface area contributed by atoms with Crippen molar-refractivity contribution in [3.63, 3.8) is 0 Å². The van der Waals surface area contributed by atoms with Crippen LogP contribution in [0.25, 0.3) is 0 Å². The monoisotopic (exact) mass is 340 g/mol. The van der Waals surface area contributed by atoms with Crippen LogP contribution in [-0.4, -0.2) is 6.61 Å². The lowest BCUT2D eigenvalue weighted by Gasteiger charge is -2.11. The maximum absolute atomic E-state index is 6.00. The Kier molecular flexibility index (Phi) is 5.11. The van der Waals surface area contributed by atoms with E-state index in [2.05, 4.69) is 15.9 Å². The SMILES string of the molecule is CCOc1cccc(Oc2cc(Cl)ccc2CBr)c1. The molecule has 2 nitrogen and oxygen atoms in total. The summed E-state index contributed by atoms with van der Waals surface area (Å²) in [4.78, 5) is 0. The predicted octanol–water partition coefficient (Wildman–Crippen LogP) is 5.43. The third-order valence-electron chi connectivity index (χ3n) is 2.52. The van der Waals surface area contributed by atoms with Crippen molar-refractivity contribution >= 4 is 27.5 Å².